The maximum atomic E-state index is 12.4. The van der Waals surface area contributed by atoms with E-state index in [1.807, 2.05) is 20.8 Å². The van der Waals surface area contributed by atoms with Crippen molar-refractivity contribution in [3.8, 4) is 0 Å². The minimum absolute atomic E-state index is 0.0279. The predicted molar refractivity (Wildman–Crippen MR) is 114 cm³/mol. The molecule has 11 heteroatoms. The van der Waals surface area contributed by atoms with Crippen LogP contribution in [0.3, 0.4) is 0 Å². The fraction of sp³-hybridized carbons (Fsp3) is 0.500. The molecular formula is C22H30O11. The number of rotatable bonds is 10. The average molecular weight is 470 g/mol. The topological polar surface area (TPSA) is 185 Å². The number of hydrogen-bond acceptors (Lipinski definition) is 9. The molecule has 11 nitrogen and oxygen atoms in total. The van der Waals surface area contributed by atoms with Crippen molar-refractivity contribution in [3.63, 3.8) is 0 Å². The number of carbonyl (C=O) groups excluding carboxylic acids is 3. The lowest BCUT2D eigenvalue weighted by molar-refractivity contribution is -0.139. The van der Waals surface area contributed by atoms with Gasteiger partial charge in [0.1, 0.15) is 0 Å². The number of carboxylic acids is 2. The van der Waals surface area contributed by atoms with Gasteiger partial charge in [0.05, 0.1) is 36.5 Å². The van der Waals surface area contributed by atoms with Crippen molar-refractivity contribution in [2.45, 2.75) is 46.5 Å². The maximum absolute atomic E-state index is 12.4. The molecule has 0 spiro atoms. The molecule has 0 fully saturated rings. The Labute approximate surface area is 190 Å². The molecule has 0 aliphatic heterocycles. The number of aliphatic hydroxyl groups is 2. The molecule has 0 saturated carbocycles. The van der Waals surface area contributed by atoms with Gasteiger partial charge in [0.25, 0.3) is 0 Å². The van der Waals surface area contributed by atoms with Gasteiger partial charge in [-0.3, -0.25) is 9.59 Å². The zero-order chi connectivity index (χ0) is 25.6. The minimum atomic E-state index is -1.30. The van der Waals surface area contributed by atoms with Crippen LogP contribution in [0.2, 0.25) is 0 Å². The first-order chi connectivity index (χ1) is 15.3. The molecule has 1 rings (SSSR count). The standard InChI is InChI=1S/C20H24O9.C2H6O2/c1-20(2,3)11-28-18(26)14-10-12(17(24)25)8-9-13(14)19(27)29-16(23)7-5-4-6-15(21)22;3-1-2-4/h8-10H,4-7,11H2,1-3H3,(H,21,22)(H,24,25);3-4H,1-2H2. The third-order valence-corrected chi connectivity index (χ3v) is 3.67. The highest BCUT2D eigenvalue weighted by Crippen LogP contribution is 2.19. The van der Waals surface area contributed by atoms with E-state index in [0.717, 1.165) is 18.2 Å². The summed E-state index contributed by atoms with van der Waals surface area (Å²) in [7, 11) is 0. The van der Waals surface area contributed by atoms with Crippen molar-refractivity contribution < 1.29 is 53.9 Å². The number of aliphatic carboxylic acids is 1. The quantitative estimate of drug-likeness (QED) is 0.222. The highest BCUT2D eigenvalue weighted by atomic mass is 16.6. The molecule has 0 amide bonds. The third kappa shape index (κ3) is 13.0. The number of ether oxygens (including phenoxy) is 2. The molecule has 184 valence electrons. The Morgan fingerprint density at radius 3 is 1.91 bits per heavy atom. The van der Waals surface area contributed by atoms with Gasteiger partial charge >= 0.3 is 29.8 Å². The largest absolute Gasteiger partial charge is 0.481 e. The Hall–Kier alpha value is -3.31. The monoisotopic (exact) mass is 470 g/mol. The van der Waals surface area contributed by atoms with Crippen LogP contribution >= 0.6 is 0 Å². The van der Waals surface area contributed by atoms with Crippen molar-refractivity contribution in [2.75, 3.05) is 19.8 Å². The van der Waals surface area contributed by atoms with E-state index >= 15 is 0 Å². The summed E-state index contributed by atoms with van der Waals surface area (Å²) < 4.78 is 9.84. The normalized spacial score (nSPS) is 10.5. The van der Waals surface area contributed by atoms with Crippen LogP contribution in [0.5, 0.6) is 0 Å². The van der Waals surface area contributed by atoms with Crippen LogP contribution in [-0.2, 0) is 19.1 Å². The highest BCUT2D eigenvalue weighted by molar-refractivity contribution is 6.07. The van der Waals surface area contributed by atoms with Crippen molar-refractivity contribution in [1.82, 2.24) is 0 Å². The van der Waals surface area contributed by atoms with Gasteiger partial charge in [0, 0.05) is 12.8 Å². The molecule has 0 atom stereocenters. The van der Waals surface area contributed by atoms with Crippen LogP contribution in [0, 0.1) is 5.41 Å². The summed E-state index contributed by atoms with van der Waals surface area (Å²) in [6.45, 7) is 5.25. The smallest absolute Gasteiger partial charge is 0.346 e. The molecule has 0 bridgehead atoms. The van der Waals surface area contributed by atoms with Crippen molar-refractivity contribution in [1.29, 1.82) is 0 Å². The zero-order valence-corrected chi connectivity index (χ0v) is 18.8. The lowest BCUT2D eigenvalue weighted by atomic mass is 9.98. The predicted octanol–water partition coefficient (Wildman–Crippen LogP) is 1.89. The molecule has 0 unspecified atom stereocenters. The first-order valence-corrected chi connectivity index (χ1v) is 10.1. The molecule has 4 N–H and O–H groups in total. The van der Waals surface area contributed by atoms with E-state index in [1.54, 1.807) is 0 Å². The van der Waals surface area contributed by atoms with E-state index < -0.39 is 29.8 Å². The minimum Gasteiger partial charge on any atom is -0.481 e. The Morgan fingerprint density at radius 1 is 0.848 bits per heavy atom. The average Bonchev–Trinajstić information content (AvgIpc) is 2.74. The number of benzene rings is 1. The summed E-state index contributed by atoms with van der Waals surface area (Å²) in [4.78, 5) is 58.1. The SMILES string of the molecule is CC(C)(C)COC(=O)c1cc(C(=O)O)ccc1C(=O)OC(=O)CCCCC(=O)O.OCCO. The van der Waals surface area contributed by atoms with E-state index in [4.69, 9.17) is 29.9 Å². The molecule has 0 saturated heterocycles. The van der Waals surface area contributed by atoms with E-state index in [0.29, 0.717) is 0 Å². The van der Waals surface area contributed by atoms with Crippen LogP contribution in [0.15, 0.2) is 18.2 Å². The summed E-state index contributed by atoms with van der Waals surface area (Å²) in [5, 5.41) is 32.9. The lowest BCUT2D eigenvalue weighted by Crippen LogP contribution is -2.21. The fourth-order valence-corrected chi connectivity index (χ4v) is 2.14. The molecule has 0 heterocycles. The van der Waals surface area contributed by atoms with Gasteiger partial charge in [-0.05, 0) is 36.5 Å². The van der Waals surface area contributed by atoms with E-state index in [2.05, 4.69) is 0 Å². The molecule has 0 aromatic heterocycles. The lowest BCUT2D eigenvalue weighted by Gasteiger charge is -2.18. The third-order valence-electron chi connectivity index (χ3n) is 3.67. The summed E-state index contributed by atoms with van der Waals surface area (Å²) in [5.41, 5.74) is -1.21. The van der Waals surface area contributed by atoms with E-state index in [1.165, 1.54) is 0 Å². The number of unbranched alkanes of at least 4 members (excludes halogenated alkanes) is 1. The van der Waals surface area contributed by atoms with Gasteiger partial charge in [-0.1, -0.05) is 20.8 Å². The summed E-state index contributed by atoms with van der Waals surface area (Å²) >= 11 is 0. The second-order valence-electron chi connectivity index (χ2n) is 8.01. The second kappa shape index (κ2) is 14.7. The molecule has 1 aromatic carbocycles. The Morgan fingerprint density at radius 2 is 1.42 bits per heavy atom. The molecule has 33 heavy (non-hydrogen) atoms. The number of carboxylic acid groups (broad SMARTS) is 2. The van der Waals surface area contributed by atoms with Gasteiger partial charge in [-0.25, -0.2) is 14.4 Å². The molecule has 0 aliphatic rings. The van der Waals surface area contributed by atoms with Gasteiger partial charge in [0.15, 0.2) is 0 Å². The van der Waals surface area contributed by atoms with Crippen LogP contribution in [-0.4, -0.2) is 70.1 Å². The zero-order valence-electron chi connectivity index (χ0n) is 18.8. The van der Waals surface area contributed by atoms with Crippen molar-refractivity contribution >= 4 is 29.8 Å². The summed E-state index contributed by atoms with van der Waals surface area (Å²) in [6, 6.07) is 3.18. The maximum Gasteiger partial charge on any atom is 0.346 e. The number of aliphatic hydroxyl groups excluding tert-OH is 2. The first kappa shape index (κ1) is 29.7. The Bertz CT molecular complexity index is 835. The Kier molecular flexibility index (Phi) is 13.2. The van der Waals surface area contributed by atoms with Gasteiger partial charge < -0.3 is 29.9 Å². The number of hydrogen-bond donors (Lipinski definition) is 4. The van der Waals surface area contributed by atoms with Gasteiger partial charge in [-0.15, -0.1) is 0 Å². The van der Waals surface area contributed by atoms with Gasteiger partial charge in [-0.2, -0.15) is 0 Å². The second-order valence-corrected chi connectivity index (χ2v) is 8.01. The summed E-state index contributed by atoms with van der Waals surface area (Å²) in [6.07, 6.45) is 0.185. The molecular weight excluding hydrogens is 440 g/mol. The van der Waals surface area contributed by atoms with Crippen LogP contribution < -0.4 is 0 Å². The first-order valence-electron chi connectivity index (χ1n) is 10.1. The number of carbonyl (C=O) groups is 5. The van der Waals surface area contributed by atoms with Crippen molar-refractivity contribution in [2.24, 2.45) is 5.41 Å². The Balaban J connectivity index is 0.00000235. The number of aromatic carboxylic acids is 1. The van der Waals surface area contributed by atoms with Crippen LogP contribution in [0.25, 0.3) is 0 Å². The fourth-order valence-electron chi connectivity index (χ4n) is 2.14. The van der Waals surface area contributed by atoms with Crippen LogP contribution in [0.1, 0.15) is 77.5 Å². The summed E-state index contributed by atoms with van der Waals surface area (Å²) in [5.74, 6) is -5.20. The van der Waals surface area contributed by atoms with E-state index in [-0.39, 0.29) is 67.6 Å². The van der Waals surface area contributed by atoms with Crippen LogP contribution in [0.4, 0.5) is 0 Å². The molecule has 0 radical (unpaired) electrons. The van der Waals surface area contributed by atoms with E-state index in [9.17, 15) is 24.0 Å². The number of esters is 3. The molecule has 0 aliphatic carbocycles. The molecule has 1 aromatic rings. The van der Waals surface area contributed by atoms with Gasteiger partial charge in [0.2, 0.25) is 0 Å². The highest BCUT2D eigenvalue weighted by Gasteiger charge is 2.24. The van der Waals surface area contributed by atoms with Crippen molar-refractivity contribution in [3.05, 3.63) is 34.9 Å².